The van der Waals surface area contributed by atoms with Crippen LogP contribution in [0.2, 0.25) is 0 Å². The molecule has 1 aromatic rings. The number of thiophene rings is 1. The molecule has 2 nitrogen and oxygen atoms in total. The topological polar surface area (TPSA) is 24.1 Å². The monoisotopic (exact) mass is 262 g/mol. The van der Waals surface area contributed by atoms with E-state index in [2.05, 4.69) is 51.9 Å². The molecule has 1 aromatic heterocycles. The summed E-state index contributed by atoms with van der Waals surface area (Å²) in [5.41, 5.74) is 0. The van der Waals surface area contributed by atoms with Crippen LogP contribution in [0, 0.1) is 0 Å². The highest BCUT2D eigenvalue weighted by atomic mass is 79.9. The molecular formula is C9H15BrN2S. The lowest BCUT2D eigenvalue weighted by atomic mass is 10.4. The van der Waals surface area contributed by atoms with E-state index in [1.54, 1.807) is 11.3 Å². The van der Waals surface area contributed by atoms with Gasteiger partial charge in [0.15, 0.2) is 0 Å². The summed E-state index contributed by atoms with van der Waals surface area (Å²) in [5, 5.41) is 10.0. The Morgan fingerprint density at radius 1 is 1.46 bits per heavy atom. The van der Waals surface area contributed by atoms with Crippen LogP contribution >= 0.6 is 27.3 Å². The van der Waals surface area contributed by atoms with E-state index in [0.29, 0.717) is 6.04 Å². The van der Waals surface area contributed by atoms with Gasteiger partial charge < -0.3 is 10.6 Å². The van der Waals surface area contributed by atoms with E-state index in [4.69, 9.17) is 0 Å². The summed E-state index contributed by atoms with van der Waals surface area (Å²) < 4.78 is 1.15. The fourth-order valence-electron chi connectivity index (χ4n) is 0.952. The van der Waals surface area contributed by atoms with Gasteiger partial charge in [-0.05, 0) is 22.0 Å². The van der Waals surface area contributed by atoms with Crippen LogP contribution in [0.15, 0.2) is 15.9 Å². The summed E-state index contributed by atoms with van der Waals surface area (Å²) in [6.45, 7) is 6.29. The Balaban J connectivity index is 2.13. The van der Waals surface area contributed by atoms with E-state index in [9.17, 15) is 0 Å². The molecule has 0 spiro atoms. The first kappa shape index (κ1) is 11.0. The SMILES string of the molecule is CC(C)NCCNc1cc(Br)cs1. The smallest absolute Gasteiger partial charge is 0.0894 e. The zero-order valence-corrected chi connectivity index (χ0v) is 10.3. The second-order valence-corrected chi connectivity index (χ2v) is 4.99. The van der Waals surface area contributed by atoms with Crippen LogP contribution in [-0.4, -0.2) is 19.1 Å². The number of hydrogen-bond donors (Lipinski definition) is 2. The van der Waals surface area contributed by atoms with Gasteiger partial charge in [-0.3, -0.25) is 0 Å². The molecule has 13 heavy (non-hydrogen) atoms. The molecule has 0 aliphatic carbocycles. The van der Waals surface area contributed by atoms with Crippen LogP contribution in [0.5, 0.6) is 0 Å². The number of anilines is 1. The molecule has 0 aliphatic rings. The molecule has 0 unspecified atom stereocenters. The van der Waals surface area contributed by atoms with Gasteiger partial charge in [0.05, 0.1) is 5.00 Å². The van der Waals surface area contributed by atoms with E-state index in [1.165, 1.54) is 5.00 Å². The first-order valence-electron chi connectivity index (χ1n) is 4.40. The molecule has 2 N–H and O–H groups in total. The number of hydrogen-bond acceptors (Lipinski definition) is 3. The van der Waals surface area contributed by atoms with Crippen molar-refractivity contribution in [2.45, 2.75) is 19.9 Å². The molecule has 0 saturated carbocycles. The Morgan fingerprint density at radius 2 is 2.23 bits per heavy atom. The summed E-state index contributed by atoms with van der Waals surface area (Å²) in [5.74, 6) is 0. The second kappa shape index (κ2) is 5.62. The maximum atomic E-state index is 3.42. The van der Waals surface area contributed by atoms with Gasteiger partial charge in [-0.25, -0.2) is 0 Å². The largest absolute Gasteiger partial charge is 0.376 e. The molecule has 0 saturated heterocycles. The second-order valence-electron chi connectivity index (χ2n) is 3.16. The third-order valence-corrected chi connectivity index (χ3v) is 3.19. The van der Waals surface area contributed by atoms with E-state index < -0.39 is 0 Å². The fourth-order valence-corrected chi connectivity index (χ4v) is 2.30. The highest BCUT2D eigenvalue weighted by molar-refractivity contribution is 9.10. The summed E-state index contributed by atoms with van der Waals surface area (Å²) in [6, 6.07) is 2.66. The van der Waals surface area contributed by atoms with Crippen molar-refractivity contribution in [3.05, 3.63) is 15.9 Å². The highest BCUT2D eigenvalue weighted by Gasteiger charge is 1.96. The Labute approximate surface area is 91.9 Å². The molecule has 0 radical (unpaired) electrons. The molecule has 74 valence electrons. The van der Waals surface area contributed by atoms with Gasteiger partial charge in [0, 0.05) is 29.0 Å². The lowest BCUT2D eigenvalue weighted by Gasteiger charge is -2.08. The third-order valence-electron chi connectivity index (χ3n) is 1.54. The van der Waals surface area contributed by atoms with Crippen molar-refractivity contribution in [1.29, 1.82) is 0 Å². The molecule has 0 amide bonds. The molecule has 0 bridgehead atoms. The van der Waals surface area contributed by atoms with Crippen LogP contribution < -0.4 is 10.6 Å². The third kappa shape index (κ3) is 4.64. The van der Waals surface area contributed by atoms with E-state index in [0.717, 1.165) is 17.6 Å². The van der Waals surface area contributed by atoms with Crippen molar-refractivity contribution < 1.29 is 0 Å². The minimum atomic E-state index is 0.567. The van der Waals surface area contributed by atoms with Gasteiger partial charge in [0.1, 0.15) is 0 Å². The standard InChI is InChI=1S/C9H15BrN2S/c1-7(2)11-3-4-12-9-5-8(10)6-13-9/h5-7,11-12H,3-4H2,1-2H3. The fraction of sp³-hybridized carbons (Fsp3) is 0.556. The van der Waals surface area contributed by atoms with E-state index in [1.807, 2.05) is 0 Å². The highest BCUT2D eigenvalue weighted by Crippen LogP contribution is 2.23. The van der Waals surface area contributed by atoms with E-state index in [-0.39, 0.29) is 0 Å². The average Bonchev–Trinajstić information content (AvgIpc) is 2.45. The van der Waals surface area contributed by atoms with Crippen LogP contribution in [0.4, 0.5) is 5.00 Å². The van der Waals surface area contributed by atoms with Gasteiger partial charge in [-0.15, -0.1) is 11.3 Å². The summed E-state index contributed by atoms with van der Waals surface area (Å²) in [6.07, 6.45) is 0. The van der Waals surface area contributed by atoms with Gasteiger partial charge in [0.25, 0.3) is 0 Å². The minimum absolute atomic E-state index is 0.567. The van der Waals surface area contributed by atoms with Crippen molar-refractivity contribution in [2.24, 2.45) is 0 Å². The van der Waals surface area contributed by atoms with Gasteiger partial charge in [0.2, 0.25) is 0 Å². The summed E-state index contributed by atoms with van der Waals surface area (Å²) in [7, 11) is 0. The first-order chi connectivity index (χ1) is 6.18. The molecule has 0 aliphatic heterocycles. The predicted molar refractivity (Wildman–Crippen MR) is 63.6 cm³/mol. The zero-order valence-electron chi connectivity index (χ0n) is 7.93. The summed E-state index contributed by atoms with van der Waals surface area (Å²) in [4.78, 5) is 0. The Hall–Kier alpha value is -0.0600. The van der Waals surface area contributed by atoms with Gasteiger partial charge in [-0.2, -0.15) is 0 Å². The normalized spacial score (nSPS) is 10.8. The van der Waals surface area contributed by atoms with Crippen LogP contribution in [-0.2, 0) is 0 Å². The van der Waals surface area contributed by atoms with Crippen molar-refractivity contribution >= 4 is 32.3 Å². The maximum Gasteiger partial charge on any atom is 0.0894 e. The van der Waals surface area contributed by atoms with Crippen LogP contribution in [0.25, 0.3) is 0 Å². The van der Waals surface area contributed by atoms with Crippen LogP contribution in [0.3, 0.4) is 0 Å². The molecule has 0 aromatic carbocycles. The van der Waals surface area contributed by atoms with Crippen molar-refractivity contribution in [3.63, 3.8) is 0 Å². The minimum Gasteiger partial charge on any atom is -0.376 e. The van der Waals surface area contributed by atoms with Gasteiger partial charge in [-0.1, -0.05) is 13.8 Å². The lowest BCUT2D eigenvalue weighted by molar-refractivity contribution is 0.602. The van der Waals surface area contributed by atoms with Gasteiger partial charge >= 0.3 is 0 Å². The number of rotatable bonds is 5. The zero-order chi connectivity index (χ0) is 9.68. The predicted octanol–water partition coefficient (Wildman–Crippen LogP) is 2.92. The number of nitrogens with one attached hydrogen (secondary N) is 2. The van der Waals surface area contributed by atoms with Crippen molar-refractivity contribution in [3.8, 4) is 0 Å². The Morgan fingerprint density at radius 3 is 2.77 bits per heavy atom. The van der Waals surface area contributed by atoms with E-state index >= 15 is 0 Å². The molecule has 0 fully saturated rings. The number of halogens is 1. The summed E-state index contributed by atoms with van der Waals surface area (Å²) >= 11 is 5.14. The first-order valence-corrected chi connectivity index (χ1v) is 6.07. The average molecular weight is 263 g/mol. The van der Waals surface area contributed by atoms with Crippen LogP contribution in [0.1, 0.15) is 13.8 Å². The Bertz CT molecular complexity index is 248. The molecule has 0 atom stereocenters. The lowest BCUT2D eigenvalue weighted by Crippen LogP contribution is -2.28. The molecule has 4 heteroatoms. The molecule has 1 heterocycles. The van der Waals surface area contributed by atoms with Crippen molar-refractivity contribution in [2.75, 3.05) is 18.4 Å². The molecular weight excluding hydrogens is 248 g/mol. The maximum absolute atomic E-state index is 3.42. The quantitative estimate of drug-likeness (QED) is 0.798. The van der Waals surface area contributed by atoms with Crippen molar-refractivity contribution in [1.82, 2.24) is 5.32 Å². The Kier molecular flexibility index (Phi) is 4.77. The molecule has 1 rings (SSSR count).